The molecule has 1 aliphatic rings. The van der Waals surface area contributed by atoms with Crippen LogP contribution in [0, 0.1) is 0 Å². The Morgan fingerprint density at radius 3 is 2.76 bits per heavy atom. The van der Waals surface area contributed by atoms with Gasteiger partial charge in [0.15, 0.2) is 5.96 Å². The number of guanidine groups is 1. The second-order valence-electron chi connectivity index (χ2n) is 8.27. The molecular formula is C20H33N5O3S. The number of nitrogens with zero attached hydrogens (tertiary/aromatic N) is 3. The summed E-state index contributed by atoms with van der Waals surface area (Å²) >= 11 is 1.72. The number of hydrogen-bond donors (Lipinski definition) is 2. The van der Waals surface area contributed by atoms with E-state index in [1.54, 1.807) is 30.3 Å². The Morgan fingerprint density at radius 1 is 1.38 bits per heavy atom. The first kappa shape index (κ1) is 23.0. The van der Waals surface area contributed by atoms with Crippen molar-refractivity contribution in [1.82, 2.24) is 20.4 Å². The molecule has 1 saturated heterocycles. The summed E-state index contributed by atoms with van der Waals surface area (Å²) in [6, 6.07) is 4.19. The van der Waals surface area contributed by atoms with Gasteiger partial charge in [-0.25, -0.2) is 9.79 Å². The molecule has 0 aromatic carbocycles. The normalized spacial score (nSPS) is 17.2. The molecule has 0 radical (unpaired) electrons. The monoisotopic (exact) mass is 423 g/mol. The maximum Gasteiger partial charge on any atom is 0.410 e. The van der Waals surface area contributed by atoms with E-state index < -0.39 is 5.60 Å². The molecule has 1 atom stereocenters. The van der Waals surface area contributed by atoms with Crippen molar-refractivity contribution in [3.63, 3.8) is 0 Å². The van der Waals surface area contributed by atoms with Gasteiger partial charge in [0.1, 0.15) is 12.1 Å². The average molecular weight is 424 g/mol. The van der Waals surface area contributed by atoms with Gasteiger partial charge in [0, 0.05) is 44.6 Å². The third kappa shape index (κ3) is 8.31. The first-order valence-corrected chi connectivity index (χ1v) is 10.8. The van der Waals surface area contributed by atoms with Crippen molar-refractivity contribution in [3.05, 3.63) is 22.4 Å². The van der Waals surface area contributed by atoms with Gasteiger partial charge in [-0.05, 0) is 45.1 Å². The summed E-state index contributed by atoms with van der Waals surface area (Å²) in [5.74, 6) is 0.527. The highest BCUT2D eigenvalue weighted by atomic mass is 32.1. The fourth-order valence-corrected chi connectivity index (χ4v) is 3.47. The minimum Gasteiger partial charge on any atom is -0.444 e. The van der Waals surface area contributed by atoms with E-state index in [0.717, 1.165) is 12.8 Å². The van der Waals surface area contributed by atoms with Crippen molar-refractivity contribution in [3.8, 4) is 0 Å². The highest BCUT2D eigenvalue weighted by molar-refractivity contribution is 7.09. The molecule has 1 aromatic heterocycles. The van der Waals surface area contributed by atoms with Gasteiger partial charge in [-0.1, -0.05) is 6.07 Å². The van der Waals surface area contributed by atoms with Crippen LogP contribution in [-0.4, -0.2) is 79.7 Å². The Labute approximate surface area is 177 Å². The molecular weight excluding hydrogens is 390 g/mol. The highest BCUT2D eigenvalue weighted by Crippen LogP contribution is 2.15. The average Bonchev–Trinajstić information content (AvgIpc) is 3.29. The van der Waals surface area contributed by atoms with Crippen LogP contribution in [0.25, 0.3) is 0 Å². The Hall–Kier alpha value is -2.29. The molecule has 0 aliphatic carbocycles. The lowest BCUT2D eigenvalue weighted by Gasteiger charge is -2.24. The van der Waals surface area contributed by atoms with Gasteiger partial charge in [-0.2, -0.15) is 0 Å². The molecule has 2 rings (SSSR count). The summed E-state index contributed by atoms with van der Waals surface area (Å²) < 4.78 is 5.45. The van der Waals surface area contributed by atoms with Gasteiger partial charge < -0.3 is 25.2 Å². The highest BCUT2D eigenvalue weighted by Gasteiger charge is 2.30. The molecule has 8 nitrogen and oxygen atoms in total. The van der Waals surface area contributed by atoms with Crippen LogP contribution in [-0.2, 0) is 16.0 Å². The SMILES string of the molecule is CN(C)C(=O)CN=C(NCCc1cccs1)NC1CCN(C(=O)OC(C)(C)C)C1. The first-order valence-electron chi connectivity index (χ1n) is 9.89. The van der Waals surface area contributed by atoms with Gasteiger partial charge in [0.25, 0.3) is 0 Å². The van der Waals surface area contributed by atoms with E-state index in [1.165, 1.54) is 9.78 Å². The third-order valence-electron chi connectivity index (χ3n) is 4.30. The number of nitrogens with one attached hydrogen (secondary N) is 2. The maximum absolute atomic E-state index is 12.3. The van der Waals surface area contributed by atoms with E-state index in [0.29, 0.717) is 25.6 Å². The molecule has 9 heteroatoms. The molecule has 2 N–H and O–H groups in total. The van der Waals surface area contributed by atoms with E-state index in [9.17, 15) is 9.59 Å². The molecule has 1 aromatic rings. The topological polar surface area (TPSA) is 86.3 Å². The number of rotatable bonds is 6. The molecule has 1 aliphatic heterocycles. The van der Waals surface area contributed by atoms with Crippen LogP contribution in [0.4, 0.5) is 4.79 Å². The predicted molar refractivity (Wildman–Crippen MR) is 116 cm³/mol. The van der Waals surface area contributed by atoms with E-state index in [1.807, 2.05) is 26.8 Å². The molecule has 0 spiro atoms. The summed E-state index contributed by atoms with van der Waals surface area (Å²) in [6.45, 7) is 7.55. The van der Waals surface area contributed by atoms with Crippen LogP contribution in [0.5, 0.6) is 0 Å². The summed E-state index contributed by atoms with van der Waals surface area (Å²) in [4.78, 5) is 33.1. The molecule has 0 bridgehead atoms. The van der Waals surface area contributed by atoms with Crippen molar-refractivity contribution in [2.24, 2.45) is 4.99 Å². The summed E-state index contributed by atoms with van der Waals surface area (Å²) in [7, 11) is 3.43. The summed E-state index contributed by atoms with van der Waals surface area (Å²) in [6.07, 6.45) is 1.38. The second-order valence-corrected chi connectivity index (χ2v) is 9.30. The molecule has 1 unspecified atom stereocenters. The van der Waals surface area contributed by atoms with Crippen molar-refractivity contribution in [1.29, 1.82) is 0 Å². The van der Waals surface area contributed by atoms with Gasteiger partial charge in [-0.3, -0.25) is 4.79 Å². The largest absolute Gasteiger partial charge is 0.444 e. The Kier molecular flexibility index (Phi) is 8.31. The fraction of sp³-hybridized carbons (Fsp3) is 0.650. The van der Waals surface area contributed by atoms with Gasteiger partial charge in [-0.15, -0.1) is 11.3 Å². The number of likely N-dealkylation sites (N-methyl/N-ethyl adjacent to an activating group) is 1. The number of likely N-dealkylation sites (tertiary alicyclic amines) is 1. The quantitative estimate of drug-likeness (QED) is 0.539. The van der Waals surface area contributed by atoms with Crippen LogP contribution in [0.3, 0.4) is 0 Å². The molecule has 1 fully saturated rings. The zero-order valence-corrected chi connectivity index (χ0v) is 18.8. The lowest BCUT2D eigenvalue weighted by molar-refractivity contribution is -0.127. The van der Waals surface area contributed by atoms with Crippen LogP contribution < -0.4 is 10.6 Å². The van der Waals surface area contributed by atoms with Gasteiger partial charge in [0.05, 0.1) is 0 Å². The Balaban J connectivity index is 1.91. The number of aliphatic imine (C=N–C) groups is 1. The van der Waals surface area contributed by atoms with Crippen LogP contribution >= 0.6 is 11.3 Å². The number of carbonyl (C=O) groups is 2. The fourth-order valence-electron chi connectivity index (χ4n) is 2.76. The van der Waals surface area contributed by atoms with Crippen LogP contribution in [0.1, 0.15) is 32.1 Å². The lowest BCUT2D eigenvalue weighted by atomic mass is 10.2. The molecule has 162 valence electrons. The Morgan fingerprint density at radius 2 is 2.14 bits per heavy atom. The van der Waals surface area contributed by atoms with E-state index in [2.05, 4.69) is 27.1 Å². The van der Waals surface area contributed by atoms with E-state index in [-0.39, 0.29) is 24.6 Å². The van der Waals surface area contributed by atoms with E-state index in [4.69, 9.17) is 4.74 Å². The second kappa shape index (κ2) is 10.5. The number of thiophene rings is 1. The third-order valence-corrected chi connectivity index (χ3v) is 5.23. The number of hydrogen-bond acceptors (Lipinski definition) is 5. The summed E-state index contributed by atoms with van der Waals surface area (Å²) in [5, 5.41) is 8.72. The zero-order chi connectivity index (χ0) is 21.4. The molecule has 0 saturated carbocycles. The van der Waals surface area contributed by atoms with Crippen molar-refractivity contribution >= 4 is 29.3 Å². The minimum absolute atomic E-state index is 0.0602. The number of ether oxygens (including phenoxy) is 1. The molecule has 2 amide bonds. The van der Waals surface area contributed by atoms with Crippen molar-refractivity contribution in [2.75, 3.05) is 40.3 Å². The van der Waals surface area contributed by atoms with Gasteiger partial charge >= 0.3 is 6.09 Å². The maximum atomic E-state index is 12.3. The Bertz CT molecular complexity index is 697. The van der Waals surface area contributed by atoms with E-state index >= 15 is 0 Å². The van der Waals surface area contributed by atoms with Crippen LogP contribution in [0.15, 0.2) is 22.5 Å². The molecule has 2 heterocycles. The smallest absolute Gasteiger partial charge is 0.410 e. The predicted octanol–water partition coefficient (Wildman–Crippen LogP) is 1.92. The standard InChI is InChI=1S/C20H33N5O3S/c1-20(2,3)28-19(27)25-11-9-15(14-25)23-18(22-13-17(26)24(4)5)21-10-8-16-7-6-12-29-16/h6-7,12,15H,8-11,13-14H2,1-5H3,(H2,21,22,23). The van der Waals surface area contributed by atoms with Crippen molar-refractivity contribution in [2.45, 2.75) is 45.3 Å². The van der Waals surface area contributed by atoms with Crippen molar-refractivity contribution < 1.29 is 14.3 Å². The van der Waals surface area contributed by atoms with Crippen LogP contribution in [0.2, 0.25) is 0 Å². The number of amides is 2. The van der Waals surface area contributed by atoms with Gasteiger partial charge in [0.2, 0.25) is 5.91 Å². The molecule has 29 heavy (non-hydrogen) atoms. The lowest BCUT2D eigenvalue weighted by Crippen LogP contribution is -2.46. The summed E-state index contributed by atoms with van der Waals surface area (Å²) in [5.41, 5.74) is -0.509. The number of carbonyl (C=O) groups excluding carboxylic acids is 2. The zero-order valence-electron chi connectivity index (χ0n) is 18.0. The first-order chi connectivity index (χ1) is 13.6. The minimum atomic E-state index is -0.509.